The van der Waals surface area contributed by atoms with Crippen LogP contribution in [0.4, 0.5) is 11.4 Å². The van der Waals surface area contributed by atoms with Gasteiger partial charge in [-0.1, -0.05) is 159 Å². The maximum absolute atomic E-state index is 4.09. The maximum atomic E-state index is 4.09. The third-order valence-corrected chi connectivity index (χ3v) is 10.9. The first kappa shape index (κ1) is 28.6. The van der Waals surface area contributed by atoms with Crippen LogP contribution in [0.2, 0.25) is 0 Å². The van der Waals surface area contributed by atoms with Crippen molar-refractivity contribution in [1.82, 2.24) is 0 Å². The molecular weight excluding hydrogens is 579 g/mol. The minimum Gasteiger partial charge on any atom is -0.312 e. The van der Waals surface area contributed by atoms with Crippen LogP contribution in [0.1, 0.15) is 52.8 Å². The minimum atomic E-state index is -0.535. The Balaban J connectivity index is 1.42. The lowest BCUT2D eigenvalue weighted by Gasteiger charge is -2.40. The molecule has 0 heterocycles. The van der Waals surface area contributed by atoms with E-state index in [1.807, 2.05) is 6.08 Å². The van der Waals surface area contributed by atoms with Crippen LogP contribution in [-0.2, 0) is 10.8 Å². The van der Waals surface area contributed by atoms with E-state index >= 15 is 0 Å². The van der Waals surface area contributed by atoms with Crippen molar-refractivity contribution in [3.8, 4) is 22.3 Å². The summed E-state index contributed by atoms with van der Waals surface area (Å²) in [5.41, 5.74) is 18.5. The van der Waals surface area contributed by atoms with Crippen molar-refractivity contribution in [2.24, 2.45) is 0 Å². The van der Waals surface area contributed by atoms with Crippen molar-refractivity contribution in [1.29, 1.82) is 0 Å². The Hall–Kier alpha value is -5.66. The zero-order chi connectivity index (χ0) is 32.6. The van der Waals surface area contributed by atoms with Gasteiger partial charge in [0.15, 0.2) is 0 Å². The molecule has 48 heavy (non-hydrogen) atoms. The average molecular weight is 616 g/mol. The van der Waals surface area contributed by atoms with E-state index in [1.165, 1.54) is 72.5 Å². The molecule has 0 aromatic heterocycles. The summed E-state index contributed by atoms with van der Waals surface area (Å²) in [6.45, 7) is 11.0. The number of allylic oxidation sites excluding steroid dienone is 5. The van der Waals surface area contributed by atoms with Gasteiger partial charge in [0.25, 0.3) is 0 Å². The van der Waals surface area contributed by atoms with E-state index in [2.05, 4.69) is 184 Å². The zero-order valence-corrected chi connectivity index (χ0v) is 27.7. The second-order valence-electron chi connectivity index (χ2n) is 13.8. The predicted molar refractivity (Wildman–Crippen MR) is 202 cm³/mol. The van der Waals surface area contributed by atoms with E-state index in [9.17, 15) is 0 Å². The third-order valence-electron chi connectivity index (χ3n) is 10.9. The zero-order valence-electron chi connectivity index (χ0n) is 27.7. The van der Waals surface area contributed by atoms with Gasteiger partial charge < -0.3 is 4.90 Å². The third kappa shape index (κ3) is 3.73. The van der Waals surface area contributed by atoms with Crippen molar-refractivity contribution in [3.63, 3.8) is 0 Å². The van der Waals surface area contributed by atoms with E-state index in [0.717, 1.165) is 11.4 Å². The summed E-state index contributed by atoms with van der Waals surface area (Å²) in [7, 11) is 0. The fraction of sp³-hybridized carbons (Fsp3) is 0.106. The molecule has 0 saturated carbocycles. The Morgan fingerprint density at radius 3 is 1.60 bits per heavy atom. The molecular formula is C47H37N. The first-order chi connectivity index (χ1) is 23.5. The summed E-state index contributed by atoms with van der Waals surface area (Å²) in [5, 5.41) is 0. The molecule has 0 fully saturated rings. The van der Waals surface area contributed by atoms with Crippen LogP contribution in [0.3, 0.4) is 0 Å². The molecule has 1 spiro atoms. The van der Waals surface area contributed by atoms with Gasteiger partial charge in [-0.15, -0.1) is 0 Å². The largest absolute Gasteiger partial charge is 0.312 e. The van der Waals surface area contributed by atoms with Crippen LogP contribution in [-0.4, -0.2) is 0 Å². The van der Waals surface area contributed by atoms with Crippen LogP contribution in [0.15, 0.2) is 170 Å². The van der Waals surface area contributed by atoms with Gasteiger partial charge in [0.1, 0.15) is 0 Å². The lowest BCUT2D eigenvalue weighted by molar-refractivity contribution is 0.660. The second-order valence-corrected chi connectivity index (χ2v) is 13.8. The summed E-state index contributed by atoms with van der Waals surface area (Å²) in [6, 6.07) is 52.2. The lowest BCUT2D eigenvalue weighted by atomic mass is 9.71. The Bertz CT molecular complexity index is 2300. The van der Waals surface area contributed by atoms with E-state index in [1.54, 1.807) is 0 Å². The SMILES string of the molecule is C=C/C=C\C1=C(N(c2ccc(C)cc2)c2ccc3c(c2)C(C)(C)c2ccccc2-3)C2(c3ccccc31)c1ccccc1-c1ccccc12. The van der Waals surface area contributed by atoms with E-state index < -0.39 is 5.41 Å². The maximum Gasteiger partial charge on any atom is 0.0881 e. The van der Waals surface area contributed by atoms with Gasteiger partial charge in [0, 0.05) is 22.4 Å². The first-order valence-electron chi connectivity index (χ1n) is 16.9. The number of fused-ring (bicyclic) bond motifs is 10. The number of rotatable bonds is 5. The van der Waals surface area contributed by atoms with Crippen LogP contribution >= 0.6 is 0 Å². The fourth-order valence-electron chi connectivity index (χ4n) is 8.84. The number of hydrogen-bond acceptors (Lipinski definition) is 1. The molecule has 3 aliphatic rings. The Kier molecular flexibility index (Phi) is 6.20. The number of nitrogens with zero attached hydrogens (tertiary/aromatic N) is 1. The number of anilines is 2. The number of benzene rings is 6. The average Bonchev–Trinajstić information content (AvgIpc) is 3.67. The van der Waals surface area contributed by atoms with Crippen LogP contribution in [0, 0.1) is 6.92 Å². The molecule has 3 aliphatic carbocycles. The molecule has 0 N–H and O–H groups in total. The highest BCUT2D eigenvalue weighted by Crippen LogP contribution is 2.64. The molecule has 0 aliphatic heterocycles. The highest BCUT2D eigenvalue weighted by Gasteiger charge is 2.55. The van der Waals surface area contributed by atoms with E-state index in [-0.39, 0.29) is 5.41 Å². The standard InChI is InChI=1S/C47H37N/c1-5-6-15-39-37-19-10-14-23-43(37)47(41-21-12-8-17-35(41)36-18-9-13-22-42(36)47)45(39)48(32-26-24-31(2)25-27-32)33-28-29-38-34-16-7-11-20-40(34)46(3,4)44(38)30-33/h5-30H,1H2,2-4H3/b15-6-. The van der Waals surface area contributed by atoms with Crippen molar-refractivity contribution in [3.05, 3.63) is 209 Å². The molecule has 0 bridgehead atoms. The summed E-state index contributed by atoms with van der Waals surface area (Å²) < 4.78 is 0. The van der Waals surface area contributed by atoms with Crippen LogP contribution < -0.4 is 4.90 Å². The number of hydrogen-bond donors (Lipinski definition) is 0. The van der Waals surface area contributed by atoms with E-state index in [4.69, 9.17) is 0 Å². The van der Waals surface area contributed by atoms with Gasteiger partial charge >= 0.3 is 0 Å². The molecule has 9 rings (SSSR count). The summed E-state index contributed by atoms with van der Waals surface area (Å²) in [6.07, 6.45) is 6.25. The van der Waals surface area contributed by atoms with Gasteiger partial charge in [0.2, 0.25) is 0 Å². The van der Waals surface area contributed by atoms with Crippen molar-refractivity contribution >= 4 is 16.9 Å². The summed E-state index contributed by atoms with van der Waals surface area (Å²) >= 11 is 0. The van der Waals surface area contributed by atoms with Gasteiger partial charge in [-0.3, -0.25) is 0 Å². The Labute approximate surface area is 283 Å². The highest BCUT2D eigenvalue weighted by molar-refractivity contribution is 6.00. The molecule has 1 nitrogen and oxygen atoms in total. The summed E-state index contributed by atoms with van der Waals surface area (Å²) in [5.74, 6) is 0. The molecule has 6 aromatic carbocycles. The number of aryl methyl sites for hydroxylation is 1. The van der Waals surface area contributed by atoms with Crippen LogP contribution in [0.5, 0.6) is 0 Å². The Morgan fingerprint density at radius 1 is 0.521 bits per heavy atom. The van der Waals surface area contributed by atoms with E-state index in [0.29, 0.717) is 0 Å². The van der Waals surface area contributed by atoms with Crippen molar-refractivity contribution in [2.75, 3.05) is 4.90 Å². The highest BCUT2D eigenvalue weighted by atomic mass is 15.2. The van der Waals surface area contributed by atoms with Crippen LogP contribution in [0.25, 0.3) is 27.8 Å². The second kappa shape index (κ2) is 10.4. The molecule has 0 amide bonds. The fourth-order valence-corrected chi connectivity index (χ4v) is 8.84. The van der Waals surface area contributed by atoms with Gasteiger partial charge in [-0.25, -0.2) is 0 Å². The monoisotopic (exact) mass is 615 g/mol. The topological polar surface area (TPSA) is 3.24 Å². The summed E-state index contributed by atoms with van der Waals surface area (Å²) in [4.78, 5) is 2.56. The smallest absolute Gasteiger partial charge is 0.0881 e. The molecule has 0 radical (unpaired) electrons. The molecule has 0 saturated heterocycles. The van der Waals surface area contributed by atoms with Gasteiger partial charge in [0.05, 0.1) is 11.1 Å². The van der Waals surface area contributed by atoms with Gasteiger partial charge in [-0.05, 0) is 86.8 Å². The quantitative estimate of drug-likeness (QED) is 0.174. The molecule has 230 valence electrons. The minimum absolute atomic E-state index is 0.121. The van der Waals surface area contributed by atoms with Crippen molar-refractivity contribution in [2.45, 2.75) is 31.6 Å². The first-order valence-corrected chi connectivity index (χ1v) is 16.9. The molecule has 0 atom stereocenters. The van der Waals surface area contributed by atoms with Gasteiger partial charge in [-0.2, -0.15) is 0 Å². The molecule has 6 aromatic rings. The molecule has 1 heteroatoms. The normalized spacial score (nSPS) is 15.6. The lowest BCUT2D eigenvalue weighted by Crippen LogP contribution is -2.36. The molecule has 0 unspecified atom stereocenters. The predicted octanol–water partition coefficient (Wildman–Crippen LogP) is 11.9. The Morgan fingerprint density at radius 2 is 1.00 bits per heavy atom. The van der Waals surface area contributed by atoms with Crippen molar-refractivity contribution < 1.29 is 0 Å².